The van der Waals surface area contributed by atoms with Gasteiger partial charge in [0.2, 0.25) is 0 Å². The SMILES string of the molecule is CC[C@@H]([NH-])c1ccc(C(F)(F)F)nc1Cl. The Morgan fingerprint density at radius 3 is 2.47 bits per heavy atom. The lowest BCUT2D eigenvalue weighted by molar-refractivity contribution is -0.141. The number of nitrogens with one attached hydrogen (secondary N) is 1. The van der Waals surface area contributed by atoms with Crippen LogP contribution in [-0.2, 0) is 6.18 Å². The summed E-state index contributed by atoms with van der Waals surface area (Å²) in [6.07, 6.45) is -4.02. The Labute approximate surface area is 90.3 Å². The lowest BCUT2D eigenvalue weighted by Crippen LogP contribution is -2.09. The zero-order chi connectivity index (χ0) is 11.6. The highest BCUT2D eigenvalue weighted by Gasteiger charge is 2.32. The number of rotatable bonds is 2. The number of hydrogen-bond acceptors (Lipinski definition) is 1. The zero-order valence-electron chi connectivity index (χ0n) is 7.90. The van der Waals surface area contributed by atoms with E-state index in [0.29, 0.717) is 12.0 Å². The third-order valence-corrected chi connectivity index (χ3v) is 2.25. The van der Waals surface area contributed by atoms with Gasteiger partial charge in [-0.25, -0.2) is 4.98 Å². The van der Waals surface area contributed by atoms with Gasteiger partial charge in [0, 0.05) is 0 Å². The largest absolute Gasteiger partial charge is 0.671 e. The molecule has 0 fully saturated rings. The van der Waals surface area contributed by atoms with Crippen LogP contribution in [0.3, 0.4) is 0 Å². The number of pyridine rings is 1. The monoisotopic (exact) mass is 237 g/mol. The molecule has 0 aromatic carbocycles. The molecule has 2 nitrogen and oxygen atoms in total. The van der Waals surface area contributed by atoms with Gasteiger partial charge in [-0.05, 0) is 11.6 Å². The molecule has 0 aliphatic rings. The van der Waals surface area contributed by atoms with Crippen molar-refractivity contribution in [3.63, 3.8) is 0 Å². The molecule has 84 valence electrons. The standard InChI is InChI=1S/C9H9ClF3N2/c1-2-6(14)5-3-4-7(9(11,12)13)15-8(5)10/h3-4,6,14H,2H2,1H3/q-1/t6-/m1/s1. The molecule has 1 N–H and O–H groups in total. The van der Waals surface area contributed by atoms with E-state index in [0.717, 1.165) is 6.07 Å². The minimum Gasteiger partial charge on any atom is -0.671 e. The third-order valence-electron chi connectivity index (χ3n) is 1.95. The first-order valence-electron chi connectivity index (χ1n) is 4.31. The van der Waals surface area contributed by atoms with Gasteiger partial charge in [0.15, 0.2) is 0 Å². The number of nitrogens with zero attached hydrogens (tertiary/aromatic N) is 1. The van der Waals surface area contributed by atoms with Crippen LogP contribution in [0, 0.1) is 0 Å². The fourth-order valence-electron chi connectivity index (χ4n) is 1.08. The molecule has 0 aliphatic carbocycles. The van der Waals surface area contributed by atoms with E-state index in [4.69, 9.17) is 17.3 Å². The minimum absolute atomic E-state index is 0.244. The molecule has 0 bridgehead atoms. The molecular weight excluding hydrogens is 229 g/mol. The van der Waals surface area contributed by atoms with Crippen molar-refractivity contribution >= 4 is 11.6 Å². The fraction of sp³-hybridized carbons (Fsp3) is 0.444. The average molecular weight is 238 g/mol. The van der Waals surface area contributed by atoms with E-state index in [-0.39, 0.29) is 5.15 Å². The van der Waals surface area contributed by atoms with E-state index in [1.807, 2.05) is 0 Å². The smallest absolute Gasteiger partial charge is 0.433 e. The van der Waals surface area contributed by atoms with Crippen LogP contribution in [0.1, 0.15) is 30.6 Å². The van der Waals surface area contributed by atoms with Gasteiger partial charge >= 0.3 is 6.18 Å². The van der Waals surface area contributed by atoms with E-state index in [9.17, 15) is 13.2 Å². The quantitative estimate of drug-likeness (QED) is 0.708. The topological polar surface area (TPSA) is 36.7 Å². The van der Waals surface area contributed by atoms with Crippen molar-refractivity contribution in [3.8, 4) is 0 Å². The van der Waals surface area contributed by atoms with Crippen molar-refractivity contribution in [1.82, 2.24) is 4.98 Å². The van der Waals surface area contributed by atoms with Crippen LogP contribution in [0.25, 0.3) is 5.73 Å². The van der Waals surface area contributed by atoms with Gasteiger partial charge in [-0.15, -0.1) is 6.04 Å². The maximum absolute atomic E-state index is 12.2. The molecule has 0 saturated heterocycles. The Balaban J connectivity index is 3.09. The maximum atomic E-state index is 12.2. The van der Waals surface area contributed by atoms with Crippen molar-refractivity contribution < 1.29 is 13.2 Å². The van der Waals surface area contributed by atoms with E-state index in [2.05, 4.69) is 4.98 Å². The molecule has 0 aliphatic heterocycles. The molecule has 6 heteroatoms. The Bertz CT molecular complexity index is 352. The highest BCUT2D eigenvalue weighted by Crippen LogP contribution is 2.32. The number of alkyl halides is 3. The van der Waals surface area contributed by atoms with Gasteiger partial charge in [-0.2, -0.15) is 13.2 Å². The van der Waals surface area contributed by atoms with Gasteiger partial charge in [0.25, 0.3) is 0 Å². The Hall–Kier alpha value is -0.810. The summed E-state index contributed by atoms with van der Waals surface area (Å²) in [6.45, 7) is 1.76. The zero-order valence-corrected chi connectivity index (χ0v) is 8.65. The summed E-state index contributed by atoms with van der Waals surface area (Å²) in [4.78, 5) is 3.23. The Kier molecular flexibility index (Phi) is 3.57. The summed E-state index contributed by atoms with van der Waals surface area (Å²) in [5.74, 6) is 0. The second-order valence-electron chi connectivity index (χ2n) is 3.04. The molecule has 1 heterocycles. The van der Waals surface area contributed by atoms with Crippen molar-refractivity contribution in [3.05, 3.63) is 34.3 Å². The summed E-state index contributed by atoms with van der Waals surface area (Å²) < 4.78 is 36.6. The molecule has 0 unspecified atom stereocenters. The van der Waals surface area contributed by atoms with Crippen LogP contribution < -0.4 is 0 Å². The van der Waals surface area contributed by atoms with Crippen LogP contribution in [0.15, 0.2) is 12.1 Å². The van der Waals surface area contributed by atoms with Crippen molar-refractivity contribution in [1.29, 1.82) is 0 Å². The Morgan fingerprint density at radius 1 is 1.47 bits per heavy atom. The first-order chi connectivity index (χ1) is 6.86. The predicted molar refractivity (Wildman–Crippen MR) is 51.6 cm³/mol. The average Bonchev–Trinajstić information content (AvgIpc) is 2.15. The van der Waals surface area contributed by atoms with E-state index in [1.54, 1.807) is 6.92 Å². The molecule has 0 spiro atoms. The summed E-state index contributed by atoms with van der Waals surface area (Å²) in [5, 5.41) is -0.244. The second-order valence-corrected chi connectivity index (χ2v) is 3.39. The molecule has 0 radical (unpaired) electrons. The van der Waals surface area contributed by atoms with E-state index in [1.165, 1.54) is 6.07 Å². The lowest BCUT2D eigenvalue weighted by atomic mass is 10.1. The van der Waals surface area contributed by atoms with Crippen LogP contribution in [0.4, 0.5) is 13.2 Å². The normalized spacial score (nSPS) is 14.0. The Morgan fingerprint density at radius 2 is 2.07 bits per heavy atom. The van der Waals surface area contributed by atoms with Crippen LogP contribution in [0.5, 0.6) is 0 Å². The number of hydrogen-bond donors (Lipinski definition) is 0. The molecule has 1 aromatic rings. The molecular formula is C9H9ClF3N2-. The van der Waals surface area contributed by atoms with Gasteiger partial charge in [-0.3, -0.25) is 0 Å². The highest BCUT2D eigenvalue weighted by atomic mass is 35.5. The molecule has 1 atom stereocenters. The first kappa shape index (κ1) is 12.3. The summed E-state index contributed by atoms with van der Waals surface area (Å²) in [6, 6.07) is 1.42. The molecule has 1 rings (SSSR count). The summed E-state index contributed by atoms with van der Waals surface area (Å²) in [7, 11) is 0. The number of aromatic nitrogens is 1. The van der Waals surface area contributed by atoms with Crippen molar-refractivity contribution in [2.45, 2.75) is 25.6 Å². The van der Waals surface area contributed by atoms with Crippen molar-refractivity contribution in [2.75, 3.05) is 0 Å². The van der Waals surface area contributed by atoms with E-state index < -0.39 is 17.9 Å². The fourth-order valence-corrected chi connectivity index (χ4v) is 1.37. The lowest BCUT2D eigenvalue weighted by Gasteiger charge is -2.19. The van der Waals surface area contributed by atoms with Crippen LogP contribution >= 0.6 is 11.6 Å². The van der Waals surface area contributed by atoms with Gasteiger partial charge < -0.3 is 5.73 Å². The molecule has 0 amide bonds. The first-order valence-corrected chi connectivity index (χ1v) is 4.68. The van der Waals surface area contributed by atoms with Crippen LogP contribution in [-0.4, -0.2) is 4.98 Å². The highest BCUT2D eigenvalue weighted by molar-refractivity contribution is 6.30. The minimum atomic E-state index is -4.49. The van der Waals surface area contributed by atoms with Crippen LogP contribution in [0.2, 0.25) is 5.15 Å². The second kappa shape index (κ2) is 4.37. The predicted octanol–water partition coefficient (Wildman–Crippen LogP) is 4.26. The summed E-state index contributed by atoms with van der Waals surface area (Å²) >= 11 is 5.58. The summed E-state index contributed by atoms with van der Waals surface area (Å²) in [5.41, 5.74) is 6.82. The number of halogens is 4. The van der Waals surface area contributed by atoms with E-state index >= 15 is 0 Å². The third kappa shape index (κ3) is 2.82. The molecule has 1 aromatic heterocycles. The van der Waals surface area contributed by atoms with Crippen molar-refractivity contribution in [2.24, 2.45) is 0 Å². The molecule has 0 saturated carbocycles. The van der Waals surface area contributed by atoms with Gasteiger partial charge in [-0.1, -0.05) is 31.0 Å². The van der Waals surface area contributed by atoms with Gasteiger partial charge in [0.1, 0.15) is 10.8 Å². The molecule has 15 heavy (non-hydrogen) atoms. The maximum Gasteiger partial charge on any atom is 0.433 e. The van der Waals surface area contributed by atoms with Gasteiger partial charge in [0.05, 0.1) is 0 Å².